The second-order valence-corrected chi connectivity index (χ2v) is 7.07. The molecule has 2 rings (SSSR count). The molecule has 0 amide bonds. The van der Waals surface area contributed by atoms with E-state index >= 15 is 0 Å². The molecule has 1 aliphatic heterocycles. The summed E-state index contributed by atoms with van der Waals surface area (Å²) in [6, 6.07) is 1.41. The summed E-state index contributed by atoms with van der Waals surface area (Å²) in [6.07, 6.45) is 7.91. The Bertz CT molecular complexity index is 264. The highest BCUT2D eigenvalue weighted by Gasteiger charge is 2.32. The van der Waals surface area contributed by atoms with Crippen LogP contribution in [0.5, 0.6) is 0 Å². The summed E-state index contributed by atoms with van der Waals surface area (Å²) in [4.78, 5) is 2.63. The van der Waals surface area contributed by atoms with E-state index in [1.807, 2.05) is 0 Å². The predicted molar refractivity (Wildman–Crippen MR) is 85.1 cm³/mol. The van der Waals surface area contributed by atoms with E-state index in [9.17, 15) is 0 Å². The van der Waals surface area contributed by atoms with E-state index in [1.165, 1.54) is 45.1 Å². The van der Waals surface area contributed by atoms with Crippen LogP contribution >= 0.6 is 0 Å². The Morgan fingerprint density at radius 3 is 2.80 bits per heavy atom. The van der Waals surface area contributed by atoms with Crippen molar-refractivity contribution < 1.29 is 4.74 Å². The molecule has 0 aromatic carbocycles. The molecule has 3 nitrogen and oxygen atoms in total. The Labute approximate surface area is 125 Å². The van der Waals surface area contributed by atoms with Gasteiger partial charge in [0, 0.05) is 25.2 Å². The van der Waals surface area contributed by atoms with Gasteiger partial charge < -0.3 is 15.0 Å². The lowest BCUT2D eigenvalue weighted by atomic mass is 9.82. The average Bonchev–Trinajstić information content (AvgIpc) is 2.47. The third-order valence-electron chi connectivity index (χ3n) is 5.10. The molecule has 1 heterocycles. The SMILES string of the molecule is CCCNC1CCC(C)CC1N(C)CC1CCCOC1. The van der Waals surface area contributed by atoms with E-state index in [2.05, 4.69) is 31.1 Å². The van der Waals surface area contributed by atoms with Crippen LogP contribution in [0.2, 0.25) is 0 Å². The summed E-state index contributed by atoms with van der Waals surface area (Å²) in [5.74, 6) is 1.63. The zero-order valence-electron chi connectivity index (χ0n) is 13.7. The minimum atomic E-state index is 0.695. The van der Waals surface area contributed by atoms with Gasteiger partial charge in [0.25, 0.3) is 0 Å². The van der Waals surface area contributed by atoms with Crippen LogP contribution in [0.3, 0.4) is 0 Å². The minimum absolute atomic E-state index is 0.695. The summed E-state index contributed by atoms with van der Waals surface area (Å²) >= 11 is 0. The lowest BCUT2D eigenvalue weighted by Crippen LogP contribution is -2.53. The van der Waals surface area contributed by atoms with Crippen LogP contribution in [0.25, 0.3) is 0 Å². The molecular formula is C17H34N2O. The summed E-state index contributed by atoms with van der Waals surface area (Å²) in [5.41, 5.74) is 0. The van der Waals surface area contributed by atoms with Crippen molar-refractivity contribution in [2.45, 2.75) is 64.5 Å². The van der Waals surface area contributed by atoms with E-state index in [-0.39, 0.29) is 0 Å². The van der Waals surface area contributed by atoms with Crippen LogP contribution in [0.4, 0.5) is 0 Å². The molecule has 1 saturated carbocycles. The van der Waals surface area contributed by atoms with Gasteiger partial charge in [0.2, 0.25) is 0 Å². The molecule has 1 N–H and O–H groups in total. The van der Waals surface area contributed by atoms with E-state index in [0.717, 1.165) is 31.6 Å². The smallest absolute Gasteiger partial charge is 0.0506 e. The Balaban J connectivity index is 1.86. The number of nitrogens with one attached hydrogen (secondary N) is 1. The van der Waals surface area contributed by atoms with Crippen molar-refractivity contribution in [2.24, 2.45) is 11.8 Å². The van der Waals surface area contributed by atoms with Crippen molar-refractivity contribution in [3.05, 3.63) is 0 Å². The number of rotatable bonds is 6. The van der Waals surface area contributed by atoms with Crippen LogP contribution in [0.1, 0.15) is 52.4 Å². The first kappa shape index (κ1) is 16.3. The fourth-order valence-electron chi connectivity index (χ4n) is 3.90. The maximum Gasteiger partial charge on any atom is 0.0506 e. The van der Waals surface area contributed by atoms with Gasteiger partial charge in [-0.1, -0.05) is 13.8 Å². The predicted octanol–water partition coefficient (Wildman–Crippen LogP) is 2.90. The maximum atomic E-state index is 5.64. The third kappa shape index (κ3) is 4.71. The van der Waals surface area contributed by atoms with Crippen molar-refractivity contribution >= 4 is 0 Å². The first-order chi connectivity index (χ1) is 9.70. The molecule has 0 spiro atoms. The molecule has 20 heavy (non-hydrogen) atoms. The second-order valence-electron chi connectivity index (χ2n) is 7.07. The molecule has 1 saturated heterocycles. The first-order valence-electron chi connectivity index (χ1n) is 8.72. The second kappa shape index (κ2) is 8.35. The standard InChI is InChI=1S/C17H34N2O/c1-4-9-18-16-8-7-14(2)11-17(16)19(3)12-15-6-5-10-20-13-15/h14-18H,4-13H2,1-3H3. The van der Waals surface area contributed by atoms with Crippen molar-refractivity contribution in [3.8, 4) is 0 Å². The van der Waals surface area contributed by atoms with Gasteiger partial charge >= 0.3 is 0 Å². The van der Waals surface area contributed by atoms with Gasteiger partial charge in [-0.05, 0) is 64.0 Å². The number of nitrogens with zero attached hydrogens (tertiary/aromatic N) is 1. The Morgan fingerprint density at radius 2 is 2.10 bits per heavy atom. The highest BCUT2D eigenvalue weighted by Crippen LogP contribution is 2.28. The van der Waals surface area contributed by atoms with Gasteiger partial charge in [-0.3, -0.25) is 0 Å². The molecule has 0 bridgehead atoms. The molecule has 0 aromatic heterocycles. The summed E-state index contributed by atoms with van der Waals surface area (Å²) in [5, 5.41) is 3.79. The summed E-state index contributed by atoms with van der Waals surface area (Å²) < 4.78 is 5.64. The minimum Gasteiger partial charge on any atom is -0.381 e. The topological polar surface area (TPSA) is 24.5 Å². The largest absolute Gasteiger partial charge is 0.381 e. The maximum absolute atomic E-state index is 5.64. The lowest BCUT2D eigenvalue weighted by molar-refractivity contribution is 0.0262. The molecule has 2 aliphatic rings. The van der Waals surface area contributed by atoms with Crippen molar-refractivity contribution in [2.75, 3.05) is 33.4 Å². The van der Waals surface area contributed by atoms with E-state index in [0.29, 0.717) is 12.1 Å². The molecule has 3 heteroatoms. The van der Waals surface area contributed by atoms with Gasteiger partial charge in [0.05, 0.1) is 6.61 Å². The van der Waals surface area contributed by atoms with Gasteiger partial charge in [-0.25, -0.2) is 0 Å². The van der Waals surface area contributed by atoms with E-state index < -0.39 is 0 Å². The summed E-state index contributed by atoms with van der Waals surface area (Å²) in [6.45, 7) is 9.00. The summed E-state index contributed by atoms with van der Waals surface area (Å²) in [7, 11) is 2.33. The lowest BCUT2D eigenvalue weighted by Gasteiger charge is -2.42. The van der Waals surface area contributed by atoms with Gasteiger partial charge in [0.15, 0.2) is 0 Å². The number of hydrogen-bond acceptors (Lipinski definition) is 3. The molecule has 4 unspecified atom stereocenters. The highest BCUT2D eigenvalue weighted by atomic mass is 16.5. The average molecular weight is 282 g/mol. The van der Waals surface area contributed by atoms with Crippen LogP contribution in [0, 0.1) is 11.8 Å². The Morgan fingerprint density at radius 1 is 1.25 bits per heavy atom. The number of likely N-dealkylation sites (N-methyl/N-ethyl adjacent to an activating group) is 1. The monoisotopic (exact) mass is 282 g/mol. The molecule has 0 aromatic rings. The zero-order chi connectivity index (χ0) is 14.4. The molecular weight excluding hydrogens is 248 g/mol. The van der Waals surface area contributed by atoms with Gasteiger partial charge in [-0.2, -0.15) is 0 Å². The number of hydrogen-bond donors (Lipinski definition) is 1. The molecule has 2 fully saturated rings. The van der Waals surface area contributed by atoms with Gasteiger partial charge in [0.1, 0.15) is 0 Å². The van der Waals surface area contributed by atoms with E-state index in [4.69, 9.17) is 4.74 Å². The molecule has 1 aliphatic carbocycles. The van der Waals surface area contributed by atoms with Crippen molar-refractivity contribution in [1.82, 2.24) is 10.2 Å². The van der Waals surface area contributed by atoms with Crippen LogP contribution in [-0.2, 0) is 4.74 Å². The third-order valence-corrected chi connectivity index (χ3v) is 5.10. The normalized spacial score (nSPS) is 35.4. The van der Waals surface area contributed by atoms with Crippen molar-refractivity contribution in [3.63, 3.8) is 0 Å². The van der Waals surface area contributed by atoms with Gasteiger partial charge in [-0.15, -0.1) is 0 Å². The fraction of sp³-hybridized carbons (Fsp3) is 1.00. The molecule has 0 radical (unpaired) electrons. The van der Waals surface area contributed by atoms with E-state index in [1.54, 1.807) is 0 Å². The fourth-order valence-corrected chi connectivity index (χ4v) is 3.90. The van der Waals surface area contributed by atoms with Crippen molar-refractivity contribution in [1.29, 1.82) is 0 Å². The molecule has 118 valence electrons. The van der Waals surface area contributed by atoms with Crippen LogP contribution < -0.4 is 5.32 Å². The zero-order valence-corrected chi connectivity index (χ0v) is 13.7. The Kier molecular flexibility index (Phi) is 6.79. The number of ether oxygens (including phenoxy) is 1. The van der Waals surface area contributed by atoms with Crippen LogP contribution in [-0.4, -0.2) is 50.3 Å². The molecule has 4 atom stereocenters. The Hall–Kier alpha value is -0.120. The highest BCUT2D eigenvalue weighted by molar-refractivity contribution is 4.90. The first-order valence-corrected chi connectivity index (χ1v) is 8.72. The quantitative estimate of drug-likeness (QED) is 0.811. The van der Waals surface area contributed by atoms with Crippen LogP contribution in [0.15, 0.2) is 0 Å².